The number of hydrogen-bond acceptors (Lipinski definition) is 4. The van der Waals surface area contributed by atoms with Crippen molar-refractivity contribution in [3.63, 3.8) is 0 Å². The van der Waals surface area contributed by atoms with Gasteiger partial charge in [0.25, 0.3) is 0 Å². The van der Waals surface area contributed by atoms with Crippen LogP contribution in [0, 0.1) is 5.92 Å². The lowest BCUT2D eigenvalue weighted by atomic mass is 10.0. The smallest absolute Gasteiger partial charge is 0.191 e. The second kappa shape index (κ2) is 12.1. The van der Waals surface area contributed by atoms with Crippen LogP contribution in [-0.2, 0) is 0 Å². The van der Waals surface area contributed by atoms with Crippen molar-refractivity contribution < 1.29 is 5.11 Å². The zero-order chi connectivity index (χ0) is 19.3. The molecule has 2 rings (SSSR count). The number of anilines is 1. The number of aliphatic hydroxyl groups excluding tert-OH is 1. The molecule has 27 heavy (non-hydrogen) atoms. The van der Waals surface area contributed by atoms with Crippen molar-refractivity contribution >= 4 is 22.7 Å². The van der Waals surface area contributed by atoms with Gasteiger partial charge < -0.3 is 21.1 Å². The average molecular weight is 372 g/mol. The molecule has 1 unspecified atom stereocenters. The molecule has 1 atom stereocenters. The van der Waals surface area contributed by atoms with Crippen molar-refractivity contribution in [1.82, 2.24) is 15.6 Å². The van der Waals surface area contributed by atoms with Crippen molar-refractivity contribution in [2.24, 2.45) is 10.9 Å². The highest BCUT2D eigenvalue weighted by atomic mass is 16.3. The zero-order valence-corrected chi connectivity index (χ0v) is 16.5. The summed E-state index contributed by atoms with van der Waals surface area (Å²) in [5, 5.41) is 20.3. The van der Waals surface area contributed by atoms with E-state index >= 15 is 0 Å². The predicted molar refractivity (Wildman–Crippen MR) is 114 cm³/mol. The zero-order valence-electron chi connectivity index (χ0n) is 16.5. The Hall–Kier alpha value is -2.34. The fourth-order valence-corrected chi connectivity index (χ4v) is 3.02. The van der Waals surface area contributed by atoms with Crippen molar-refractivity contribution in [1.29, 1.82) is 0 Å². The number of fused-ring (bicyclic) bond motifs is 1. The molecule has 148 valence electrons. The maximum absolute atomic E-state index is 9.19. The minimum atomic E-state index is 0.229. The van der Waals surface area contributed by atoms with E-state index in [1.165, 1.54) is 0 Å². The summed E-state index contributed by atoms with van der Waals surface area (Å²) < 4.78 is 0. The molecule has 1 aromatic carbocycles. The molecule has 4 N–H and O–H groups in total. The molecule has 0 spiro atoms. The van der Waals surface area contributed by atoms with Crippen LogP contribution >= 0.6 is 0 Å². The third kappa shape index (κ3) is 7.43. The fraction of sp³-hybridized carbons (Fsp3) is 0.524. The lowest BCUT2D eigenvalue weighted by molar-refractivity contribution is 0.253. The largest absolute Gasteiger partial charge is 0.396 e. The first-order valence-electron chi connectivity index (χ1n) is 9.99. The second-order valence-electron chi connectivity index (χ2n) is 6.63. The number of hydrogen-bond donors (Lipinski definition) is 4. The number of guanidine groups is 1. The Morgan fingerprint density at radius 2 is 1.93 bits per heavy atom. The fourth-order valence-electron chi connectivity index (χ4n) is 3.02. The van der Waals surface area contributed by atoms with Gasteiger partial charge in [0.15, 0.2) is 5.96 Å². The van der Waals surface area contributed by atoms with E-state index in [4.69, 9.17) is 0 Å². The Labute approximate surface area is 162 Å². The molecule has 6 nitrogen and oxygen atoms in total. The topological polar surface area (TPSA) is 81.6 Å². The number of benzene rings is 1. The Morgan fingerprint density at radius 1 is 1.07 bits per heavy atom. The molecule has 2 aromatic rings. The number of pyridine rings is 1. The highest BCUT2D eigenvalue weighted by molar-refractivity contribution is 5.80. The monoisotopic (exact) mass is 371 g/mol. The number of aliphatic hydroxyl groups is 1. The summed E-state index contributed by atoms with van der Waals surface area (Å²) in [6.45, 7) is 7.53. The van der Waals surface area contributed by atoms with Crippen molar-refractivity contribution in [3.8, 4) is 0 Å². The van der Waals surface area contributed by atoms with Gasteiger partial charge in [0.05, 0.1) is 5.52 Å². The molecule has 0 bridgehead atoms. The molecule has 0 saturated heterocycles. The summed E-state index contributed by atoms with van der Waals surface area (Å²) in [7, 11) is 0. The first kappa shape index (κ1) is 21.0. The first-order chi connectivity index (χ1) is 13.3. The molecule has 0 aliphatic rings. The number of aliphatic imine (C=N–C) groups is 1. The van der Waals surface area contributed by atoms with E-state index in [1.54, 1.807) is 0 Å². The van der Waals surface area contributed by atoms with Gasteiger partial charge in [-0.25, -0.2) is 4.98 Å². The highest BCUT2D eigenvalue weighted by Gasteiger charge is 2.07. The van der Waals surface area contributed by atoms with Crippen LogP contribution < -0.4 is 16.0 Å². The Morgan fingerprint density at radius 3 is 2.70 bits per heavy atom. The van der Waals surface area contributed by atoms with Gasteiger partial charge in [-0.15, -0.1) is 0 Å². The minimum Gasteiger partial charge on any atom is -0.396 e. The number of aromatic nitrogens is 1. The standard InChI is InChI=1S/C21H33N5O/c1-3-7-17(12-15-27)16-25-21(22-4-2)24-14-13-23-20-11-10-18-8-5-6-9-19(18)26-20/h5-6,8-11,17,27H,3-4,7,12-16H2,1-2H3,(H,23,26)(H2,22,24,25). The van der Waals surface area contributed by atoms with Gasteiger partial charge in [0.2, 0.25) is 0 Å². The van der Waals surface area contributed by atoms with Crippen LogP contribution in [-0.4, -0.2) is 48.8 Å². The summed E-state index contributed by atoms with van der Waals surface area (Å²) in [4.78, 5) is 9.30. The summed E-state index contributed by atoms with van der Waals surface area (Å²) in [6, 6.07) is 12.2. The third-order valence-corrected chi connectivity index (χ3v) is 4.41. The van der Waals surface area contributed by atoms with Gasteiger partial charge in [0.1, 0.15) is 5.82 Å². The quantitative estimate of drug-likeness (QED) is 0.277. The van der Waals surface area contributed by atoms with Crippen LogP contribution in [0.25, 0.3) is 10.9 Å². The van der Waals surface area contributed by atoms with E-state index < -0.39 is 0 Å². The first-order valence-corrected chi connectivity index (χ1v) is 9.99. The van der Waals surface area contributed by atoms with Crippen LogP contribution in [0.5, 0.6) is 0 Å². The molecular weight excluding hydrogens is 338 g/mol. The van der Waals surface area contributed by atoms with E-state index in [9.17, 15) is 5.11 Å². The Bertz CT molecular complexity index is 698. The van der Waals surface area contributed by atoms with Crippen molar-refractivity contribution in [2.75, 3.05) is 38.1 Å². The van der Waals surface area contributed by atoms with Gasteiger partial charge in [-0.3, -0.25) is 4.99 Å². The highest BCUT2D eigenvalue weighted by Crippen LogP contribution is 2.14. The van der Waals surface area contributed by atoms with E-state index in [0.29, 0.717) is 5.92 Å². The lowest BCUT2D eigenvalue weighted by Crippen LogP contribution is -2.40. The van der Waals surface area contributed by atoms with E-state index in [2.05, 4.69) is 51.9 Å². The molecule has 1 heterocycles. The second-order valence-corrected chi connectivity index (χ2v) is 6.63. The third-order valence-electron chi connectivity index (χ3n) is 4.41. The lowest BCUT2D eigenvalue weighted by Gasteiger charge is -2.15. The summed E-state index contributed by atoms with van der Waals surface area (Å²) in [5.41, 5.74) is 0.996. The molecule has 0 amide bonds. The maximum atomic E-state index is 9.19. The van der Waals surface area contributed by atoms with E-state index in [0.717, 1.165) is 68.1 Å². The minimum absolute atomic E-state index is 0.229. The molecule has 0 radical (unpaired) electrons. The van der Waals surface area contributed by atoms with E-state index in [1.807, 2.05) is 24.3 Å². The molecule has 0 aliphatic carbocycles. The van der Waals surface area contributed by atoms with Gasteiger partial charge in [0, 0.05) is 38.2 Å². The van der Waals surface area contributed by atoms with Crippen LogP contribution in [0.4, 0.5) is 5.82 Å². The molecule has 6 heteroatoms. The normalized spacial score (nSPS) is 12.8. The number of para-hydroxylation sites is 1. The van der Waals surface area contributed by atoms with Gasteiger partial charge >= 0.3 is 0 Å². The Balaban J connectivity index is 1.81. The maximum Gasteiger partial charge on any atom is 0.191 e. The van der Waals surface area contributed by atoms with E-state index in [-0.39, 0.29) is 6.61 Å². The number of nitrogens with zero attached hydrogens (tertiary/aromatic N) is 2. The molecule has 1 aromatic heterocycles. The number of nitrogens with one attached hydrogen (secondary N) is 3. The molecular formula is C21H33N5O. The summed E-state index contributed by atoms with van der Waals surface area (Å²) in [6.07, 6.45) is 3.03. The van der Waals surface area contributed by atoms with Gasteiger partial charge in [-0.1, -0.05) is 31.5 Å². The van der Waals surface area contributed by atoms with Crippen LogP contribution in [0.2, 0.25) is 0 Å². The van der Waals surface area contributed by atoms with Gasteiger partial charge in [-0.05, 0) is 43.9 Å². The molecule has 0 aliphatic heterocycles. The number of rotatable bonds is 11. The van der Waals surface area contributed by atoms with Crippen LogP contribution in [0.15, 0.2) is 41.4 Å². The van der Waals surface area contributed by atoms with Crippen molar-refractivity contribution in [2.45, 2.75) is 33.1 Å². The Kier molecular flexibility index (Phi) is 9.41. The summed E-state index contributed by atoms with van der Waals surface area (Å²) in [5.74, 6) is 2.14. The van der Waals surface area contributed by atoms with Gasteiger partial charge in [-0.2, -0.15) is 0 Å². The molecule has 0 saturated carbocycles. The molecule has 0 fully saturated rings. The summed E-state index contributed by atoms with van der Waals surface area (Å²) >= 11 is 0. The predicted octanol–water partition coefficient (Wildman–Crippen LogP) is 3.00. The van der Waals surface area contributed by atoms with Crippen molar-refractivity contribution in [3.05, 3.63) is 36.4 Å². The van der Waals surface area contributed by atoms with Crippen LogP contribution in [0.3, 0.4) is 0 Å². The SMILES string of the molecule is CCCC(CCO)CN=C(NCC)NCCNc1ccc2ccccc2n1. The van der Waals surface area contributed by atoms with Crippen LogP contribution in [0.1, 0.15) is 33.1 Å². The average Bonchev–Trinajstić information content (AvgIpc) is 2.69.